The molecule has 2 heterocycles. The molecule has 4 nitrogen and oxygen atoms in total. The summed E-state index contributed by atoms with van der Waals surface area (Å²) in [7, 11) is 0. The second-order valence-electron chi connectivity index (χ2n) is 7.23. The summed E-state index contributed by atoms with van der Waals surface area (Å²) >= 11 is 1.57. The zero-order valence-electron chi connectivity index (χ0n) is 16.2. The van der Waals surface area contributed by atoms with Gasteiger partial charge < -0.3 is 4.74 Å². The lowest BCUT2D eigenvalue weighted by molar-refractivity contribution is -0.114. The molecule has 0 aliphatic carbocycles. The predicted molar refractivity (Wildman–Crippen MR) is 116 cm³/mol. The Morgan fingerprint density at radius 1 is 1.25 bits per heavy atom. The van der Waals surface area contributed by atoms with Crippen LogP contribution in [0.1, 0.15) is 29.5 Å². The average Bonchev–Trinajstić information content (AvgIpc) is 3.35. The van der Waals surface area contributed by atoms with E-state index in [1.54, 1.807) is 22.3 Å². The van der Waals surface area contributed by atoms with Crippen molar-refractivity contribution in [2.75, 3.05) is 18.1 Å². The summed E-state index contributed by atoms with van der Waals surface area (Å²) < 4.78 is 6.90. The van der Waals surface area contributed by atoms with Gasteiger partial charge in [-0.25, -0.2) is 4.98 Å². The summed E-state index contributed by atoms with van der Waals surface area (Å²) in [5.41, 5.74) is 4.40. The minimum atomic E-state index is -0.0631. The van der Waals surface area contributed by atoms with Gasteiger partial charge in [0.1, 0.15) is 0 Å². The highest BCUT2D eigenvalue weighted by Gasteiger charge is 2.25. The summed E-state index contributed by atoms with van der Waals surface area (Å²) in [4.78, 5) is 19.6. The molecule has 1 aromatic heterocycles. The Balaban J connectivity index is 1.64. The molecule has 1 amide bonds. The normalized spacial score (nSPS) is 16.9. The van der Waals surface area contributed by atoms with Crippen molar-refractivity contribution in [1.82, 2.24) is 4.98 Å². The van der Waals surface area contributed by atoms with Crippen LogP contribution in [0.4, 0.5) is 5.13 Å². The lowest BCUT2D eigenvalue weighted by Crippen LogP contribution is -2.36. The highest BCUT2D eigenvalue weighted by Crippen LogP contribution is 2.32. The molecule has 0 spiro atoms. The lowest BCUT2D eigenvalue weighted by atomic mass is 10.1. The van der Waals surface area contributed by atoms with Crippen molar-refractivity contribution in [1.29, 1.82) is 0 Å². The summed E-state index contributed by atoms with van der Waals surface area (Å²) in [6, 6.07) is 14.1. The van der Waals surface area contributed by atoms with E-state index in [1.807, 2.05) is 36.4 Å². The number of anilines is 1. The fraction of sp³-hybridized carbons (Fsp3) is 0.304. The number of rotatable bonds is 5. The molecule has 0 radical (unpaired) electrons. The number of aryl methyl sites for hydroxylation is 2. The maximum atomic E-state index is 13.1. The topological polar surface area (TPSA) is 42.4 Å². The van der Waals surface area contributed by atoms with Crippen molar-refractivity contribution in [3.05, 3.63) is 65.2 Å². The number of nitrogens with zero attached hydrogens (tertiary/aromatic N) is 2. The van der Waals surface area contributed by atoms with Crippen LogP contribution in [0.25, 0.3) is 16.3 Å². The van der Waals surface area contributed by atoms with Gasteiger partial charge in [-0.05, 0) is 61.6 Å². The zero-order chi connectivity index (χ0) is 19.5. The first-order valence-corrected chi connectivity index (χ1v) is 10.5. The highest BCUT2D eigenvalue weighted by molar-refractivity contribution is 7.22. The predicted octanol–water partition coefficient (Wildman–Crippen LogP) is 5.14. The van der Waals surface area contributed by atoms with Crippen LogP contribution in [0, 0.1) is 13.8 Å². The monoisotopic (exact) mass is 392 g/mol. The molecule has 0 bridgehead atoms. The third-order valence-electron chi connectivity index (χ3n) is 5.12. The van der Waals surface area contributed by atoms with E-state index in [0.717, 1.165) is 40.4 Å². The molecule has 4 rings (SSSR count). The third kappa shape index (κ3) is 4.16. The lowest BCUT2D eigenvalue weighted by Gasteiger charge is -2.21. The second-order valence-corrected chi connectivity index (χ2v) is 8.24. The van der Waals surface area contributed by atoms with Crippen molar-refractivity contribution >= 4 is 38.7 Å². The highest BCUT2D eigenvalue weighted by atomic mass is 32.1. The van der Waals surface area contributed by atoms with E-state index in [4.69, 9.17) is 9.72 Å². The summed E-state index contributed by atoms with van der Waals surface area (Å²) in [5.74, 6) is -0.0631. The van der Waals surface area contributed by atoms with Gasteiger partial charge in [-0.3, -0.25) is 9.69 Å². The van der Waals surface area contributed by atoms with Crippen LogP contribution >= 0.6 is 11.3 Å². The molecule has 1 aliphatic heterocycles. The van der Waals surface area contributed by atoms with Crippen LogP contribution in [-0.2, 0) is 9.53 Å². The average molecular weight is 393 g/mol. The van der Waals surface area contributed by atoms with E-state index in [0.29, 0.717) is 6.54 Å². The zero-order valence-corrected chi connectivity index (χ0v) is 17.0. The van der Waals surface area contributed by atoms with Gasteiger partial charge in [0.25, 0.3) is 5.91 Å². The van der Waals surface area contributed by atoms with Crippen LogP contribution in [0.2, 0.25) is 0 Å². The number of hydrogen-bond acceptors (Lipinski definition) is 4. The summed E-state index contributed by atoms with van der Waals surface area (Å²) in [6.07, 6.45) is 5.59. The number of amides is 1. The first-order chi connectivity index (χ1) is 13.6. The van der Waals surface area contributed by atoms with Gasteiger partial charge in [0.2, 0.25) is 0 Å². The van der Waals surface area contributed by atoms with Gasteiger partial charge in [0.15, 0.2) is 5.13 Å². The van der Waals surface area contributed by atoms with Gasteiger partial charge in [0.05, 0.1) is 22.9 Å². The first kappa shape index (κ1) is 18.8. The molecule has 144 valence electrons. The first-order valence-electron chi connectivity index (χ1n) is 9.64. The van der Waals surface area contributed by atoms with Crippen molar-refractivity contribution in [2.45, 2.75) is 32.8 Å². The Labute approximate surface area is 169 Å². The van der Waals surface area contributed by atoms with Crippen molar-refractivity contribution in [3.63, 3.8) is 0 Å². The van der Waals surface area contributed by atoms with Crippen molar-refractivity contribution < 1.29 is 9.53 Å². The number of carbonyl (C=O) groups excluding carboxylic acids is 1. The number of hydrogen-bond donors (Lipinski definition) is 0. The maximum absolute atomic E-state index is 13.1. The van der Waals surface area contributed by atoms with Gasteiger partial charge in [-0.2, -0.15) is 0 Å². The van der Waals surface area contributed by atoms with Gasteiger partial charge in [-0.15, -0.1) is 0 Å². The minimum Gasteiger partial charge on any atom is -0.376 e. The van der Waals surface area contributed by atoms with E-state index >= 15 is 0 Å². The molecular weight excluding hydrogens is 368 g/mol. The molecule has 28 heavy (non-hydrogen) atoms. The molecule has 1 unspecified atom stereocenters. The second kappa shape index (κ2) is 8.25. The SMILES string of the molecule is Cc1cc2nc(N(CC3CCCO3)C(=O)/C=C/c3ccccc3)sc2cc1C. The Hall–Kier alpha value is -2.50. The number of carbonyl (C=O) groups is 1. The molecule has 1 atom stereocenters. The Morgan fingerprint density at radius 3 is 2.79 bits per heavy atom. The quantitative estimate of drug-likeness (QED) is 0.565. The van der Waals surface area contributed by atoms with Crippen LogP contribution in [0.5, 0.6) is 0 Å². The summed E-state index contributed by atoms with van der Waals surface area (Å²) in [5, 5.41) is 0.734. The minimum absolute atomic E-state index is 0.0631. The Kier molecular flexibility index (Phi) is 5.55. The van der Waals surface area contributed by atoms with E-state index in [-0.39, 0.29) is 12.0 Å². The number of ether oxygens (including phenoxy) is 1. The molecule has 5 heteroatoms. The van der Waals surface area contributed by atoms with E-state index < -0.39 is 0 Å². The molecule has 1 aliphatic rings. The molecule has 0 N–H and O–H groups in total. The van der Waals surface area contributed by atoms with Crippen LogP contribution < -0.4 is 4.90 Å². The third-order valence-corrected chi connectivity index (χ3v) is 6.16. The Bertz CT molecular complexity index is 965. The Morgan fingerprint density at radius 2 is 2.04 bits per heavy atom. The fourth-order valence-corrected chi connectivity index (χ4v) is 4.42. The van der Waals surface area contributed by atoms with E-state index in [2.05, 4.69) is 26.0 Å². The standard InChI is InChI=1S/C23H24N2O2S/c1-16-13-20-21(14-17(16)2)28-23(24-20)25(15-19-9-6-12-27-19)22(26)11-10-18-7-4-3-5-8-18/h3-5,7-8,10-11,13-14,19H,6,9,12,15H2,1-2H3/b11-10+. The molecule has 0 saturated carbocycles. The van der Waals surface area contributed by atoms with Gasteiger partial charge >= 0.3 is 0 Å². The molecule has 3 aromatic rings. The number of thiazole rings is 1. The maximum Gasteiger partial charge on any atom is 0.252 e. The number of fused-ring (bicyclic) bond motifs is 1. The van der Waals surface area contributed by atoms with Crippen LogP contribution in [0.15, 0.2) is 48.5 Å². The summed E-state index contributed by atoms with van der Waals surface area (Å²) in [6.45, 7) is 5.50. The fourth-order valence-electron chi connectivity index (χ4n) is 3.36. The van der Waals surface area contributed by atoms with E-state index in [1.165, 1.54) is 11.1 Å². The molecular formula is C23H24N2O2S. The number of aromatic nitrogens is 1. The molecule has 2 aromatic carbocycles. The molecule has 1 fully saturated rings. The molecule has 1 saturated heterocycles. The number of benzene rings is 2. The van der Waals surface area contributed by atoms with Gasteiger partial charge in [-0.1, -0.05) is 41.7 Å². The van der Waals surface area contributed by atoms with Gasteiger partial charge in [0, 0.05) is 12.7 Å². The smallest absolute Gasteiger partial charge is 0.252 e. The van der Waals surface area contributed by atoms with Crippen LogP contribution in [-0.4, -0.2) is 30.1 Å². The van der Waals surface area contributed by atoms with E-state index in [9.17, 15) is 4.79 Å². The van der Waals surface area contributed by atoms with Crippen molar-refractivity contribution in [2.24, 2.45) is 0 Å². The largest absolute Gasteiger partial charge is 0.376 e. The van der Waals surface area contributed by atoms with Crippen molar-refractivity contribution in [3.8, 4) is 0 Å². The van der Waals surface area contributed by atoms with Crippen LogP contribution in [0.3, 0.4) is 0 Å².